The van der Waals surface area contributed by atoms with Crippen molar-refractivity contribution in [1.82, 2.24) is 5.32 Å². The standard InChI is InChI=1S/C64H117N2O7P/c1-7-10-13-16-19-22-25-28-30-32-33-34-36-39-42-45-48-51-54-57-64(68)73-62(55-52-49-46-43-40-37-27-24-21-18-15-12-9-3)61(60-72-74(69,70)71-59-58-66(4,5)6)65-63(67)56-53-50-47-44-41-38-35-31-29-26-23-20-17-14-11-8-2/h10,13,19,22,28,30,33-34,39,42,52,55,61-62H,7-9,11-12,14-18,20-21,23-27,29,31-32,35-38,40-41,43-51,53-54,56-60H2,1-6H3,(H-,65,67,69,70)/b13-10-,22-19-,30-28-,34-33-,42-39-,55-52+. The molecule has 0 aromatic rings. The van der Waals surface area contributed by atoms with Gasteiger partial charge in [-0.05, 0) is 76.7 Å². The molecule has 0 bridgehead atoms. The highest BCUT2D eigenvalue weighted by Crippen LogP contribution is 2.38. The van der Waals surface area contributed by atoms with Crippen LogP contribution in [0.5, 0.6) is 0 Å². The van der Waals surface area contributed by atoms with E-state index in [9.17, 15) is 19.0 Å². The van der Waals surface area contributed by atoms with Crippen molar-refractivity contribution in [2.45, 2.75) is 283 Å². The number of phosphoric acid groups is 1. The zero-order valence-electron chi connectivity index (χ0n) is 49.0. The topological polar surface area (TPSA) is 114 Å². The van der Waals surface area contributed by atoms with Crippen molar-refractivity contribution in [2.75, 3.05) is 40.9 Å². The maximum atomic E-state index is 13.5. The summed E-state index contributed by atoms with van der Waals surface area (Å²) in [7, 11) is 1.17. The Morgan fingerprint density at radius 3 is 1.31 bits per heavy atom. The SMILES string of the molecule is CC/C=C\C/C=C\C/C=C\C/C=C\C/C=C\CCCCCC(=O)OC(/C=C/CCCCCCCCCCCCC)C(COP(=O)([O-])OCC[N+](C)(C)C)NC(=O)CCCCCCCCCCCCCCCCCC. The van der Waals surface area contributed by atoms with Crippen LogP contribution >= 0.6 is 7.82 Å². The fourth-order valence-corrected chi connectivity index (χ4v) is 9.39. The van der Waals surface area contributed by atoms with E-state index < -0.39 is 26.6 Å². The molecule has 3 unspecified atom stereocenters. The second-order valence-corrected chi connectivity index (χ2v) is 23.2. The van der Waals surface area contributed by atoms with Crippen molar-refractivity contribution in [2.24, 2.45) is 0 Å². The number of unbranched alkanes of at least 4 members (excludes halogenated alkanes) is 29. The van der Waals surface area contributed by atoms with E-state index in [1.54, 1.807) is 0 Å². The molecule has 10 heteroatoms. The number of ether oxygens (including phenoxy) is 1. The van der Waals surface area contributed by atoms with Crippen molar-refractivity contribution >= 4 is 19.7 Å². The van der Waals surface area contributed by atoms with Gasteiger partial charge in [-0.15, -0.1) is 0 Å². The molecule has 0 aliphatic heterocycles. The fraction of sp³-hybridized carbons (Fsp3) is 0.781. The summed E-state index contributed by atoms with van der Waals surface area (Å²) in [4.78, 5) is 40.0. The summed E-state index contributed by atoms with van der Waals surface area (Å²) in [6, 6.07) is -0.902. The Labute approximate surface area is 457 Å². The normalized spacial score (nSPS) is 14.2. The second kappa shape index (κ2) is 53.8. The molecule has 74 heavy (non-hydrogen) atoms. The first-order chi connectivity index (χ1) is 35.9. The molecule has 0 saturated heterocycles. The lowest BCUT2D eigenvalue weighted by Crippen LogP contribution is -2.47. The summed E-state index contributed by atoms with van der Waals surface area (Å²) in [6.45, 7) is 6.72. The van der Waals surface area contributed by atoms with Gasteiger partial charge in [0.2, 0.25) is 5.91 Å². The Morgan fingerprint density at radius 2 is 0.865 bits per heavy atom. The molecule has 0 aromatic heterocycles. The molecule has 0 aromatic carbocycles. The number of quaternary nitrogens is 1. The van der Waals surface area contributed by atoms with Gasteiger partial charge in [0.15, 0.2) is 0 Å². The van der Waals surface area contributed by atoms with Crippen LogP contribution in [0.2, 0.25) is 0 Å². The number of carbonyl (C=O) groups is 2. The zero-order chi connectivity index (χ0) is 54.3. The van der Waals surface area contributed by atoms with E-state index >= 15 is 0 Å². The molecule has 0 spiro atoms. The maximum absolute atomic E-state index is 13.5. The minimum Gasteiger partial charge on any atom is -0.756 e. The molecule has 0 fully saturated rings. The summed E-state index contributed by atoms with van der Waals surface area (Å²) in [5.41, 5.74) is 0. The van der Waals surface area contributed by atoms with Gasteiger partial charge in [-0.25, -0.2) is 0 Å². The van der Waals surface area contributed by atoms with E-state index in [1.807, 2.05) is 33.3 Å². The molecule has 0 saturated carbocycles. The van der Waals surface area contributed by atoms with E-state index in [2.05, 4.69) is 86.8 Å². The minimum atomic E-state index is -4.71. The monoisotopic (exact) mass is 1060 g/mol. The summed E-state index contributed by atoms with van der Waals surface area (Å²) < 4.78 is 30.3. The molecule has 0 radical (unpaired) electrons. The van der Waals surface area contributed by atoms with Gasteiger partial charge in [0.25, 0.3) is 7.82 Å². The number of likely N-dealkylation sites (N-methyl/N-ethyl adjacent to an activating group) is 1. The Kier molecular flexibility index (Phi) is 52.0. The largest absolute Gasteiger partial charge is 0.756 e. The Bertz CT molecular complexity index is 1500. The van der Waals surface area contributed by atoms with Crippen molar-refractivity contribution < 1.29 is 37.3 Å². The van der Waals surface area contributed by atoms with Gasteiger partial charge in [-0.3, -0.25) is 14.2 Å². The molecule has 9 nitrogen and oxygen atoms in total. The molecule has 0 aliphatic carbocycles. The van der Waals surface area contributed by atoms with Gasteiger partial charge in [0.1, 0.15) is 19.3 Å². The summed E-state index contributed by atoms with van der Waals surface area (Å²) in [5.74, 6) is -0.573. The lowest BCUT2D eigenvalue weighted by molar-refractivity contribution is -0.870. The van der Waals surface area contributed by atoms with Crippen LogP contribution in [0.1, 0.15) is 271 Å². The Morgan fingerprint density at radius 1 is 0.486 bits per heavy atom. The van der Waals surface area contributed by atoms with Gasteiger partial charge in [-0.2, -0.15) is 0 Å². The van der Waals surface area contributed by atoms with E-state index in [0.29, 0.717) is 23.9 Å². The van der Waals surface area contributed by atoms with Crippen molar-refractivity contribution in [3.63, 3.8) is 0 Å². The van der Waals surface area contributed by atoms with Crippen LogP contribution in [0, 0.1) is 0 Å². The van der Waals surface area contributed by atoms with Crippen molar-refractivity contribution in [1.29, 1.82) is 0 Å². The zero-order valence-corrected chi connectivity index (χ0v) is 49.9. The number of rotatable bonds is 55. The van der Waals surface area contributed by atoms with Crippen LogP contribution in [-0.4, -0.2) is 69.4 Å². The lowest BCUT2D eigenvalue weighted by Gasteiger charge is -2.30. The number of amides is 1. The van der Waals surface area contributed by atoms with E-state index in [0.717, 1.165) is 89.9 Å². The number of nitrogens with zero attached hydrogens (tertiary/aromatic N) is 1. The number of esters is 1. The van der Waals surface area contributed by atoms with E-state index in [4.69, 9.17) is 13.8 Å². The first-order valence-electron chi connectivity index (χ1n) is 30.7. The Balaban J connectivity index is 5.36. The lowest BCUT2D eigenvalue weighted by atomic mass is 10.0. The van der Waals surface area contributed by atoms with Crippen molar-refractivity contribution in [3.8, 4) is 0 Å². The first-order valence-corrected chi connectivity index (χ1v) is 32.2. The summed E-state index contributed by atoms with van der Waals surface area (Å²) in [6.07, 6.45) is 68.6. The average molecular weight is 1060 g/mol. The van der Waals surface area contributed by atoms with Crippen LogP contribution < -0.4 is 10.2 Å². The van der Waals surface area contributed by atoms with Gasteiger partial charge in [0, 0.05) is 12.8 Å². The highest BCUT2D eigenvalue weighted by atomic mass is 31.2. The van der Waals surface area contributed by atoms with Gasteiger partial charge in [-0.1, -0.05) is 255 Å². The predicted molar refractivity (Wildman–Crippen MR) is 316 cm³/mol. The fourth-order valence-electron chi connectivity index (χ4n) is 8.67. The smallest absolute Gasteiger partial charge is 0.306 e. The number of hydrogen-bond donors (Lipinski definition) is 1. The van der Waals surface area contributed by atoms with Crippen molar-refractivity contribution in [3.05, 3.63) is 72.9 Å². The molecular formula is C64H117N2O7P. The second-order valence-electron chi connectivity index (χ2n) is 21.8. The Hall–Kier alpha value is -2.55. The third-order valence-corrected chi connectivity index (χ3v) is 14.4. The molecule has 430 valence electrons. The first kappa shape index (κ1) is 71.5. The van der Waals surface area contributed by atoms with E-state index in [-0.39, 0.29) is 24.9 Å². The number of hydrogen-bond acceptors (Lipinski definition) is 7. The molecule has 1 N–H and O–H groups in total. The van der Waals surface area contributed by atoms with Gasteiger partial charge in [0.05, 0.1) is 33.8 Å². The van der Waals surface area contributed by atoms with Crippen LogP contribution in [0.15, 0.2) is 72.9 Å². The number of allylic oxidation sites excluding steroid dienone is 11. The van der Waals surface area contributed by atoms with E-state index in [1.165, 1.54) is 141 Å². The highest BCUT2D eigenvalue weighted by molar-refractivity contribution is 7.45. The molecule has 3 atom stereocenters. The molecular weight excluding hydrogens is 940 g/mol. The average Bonchev–Trinajstić information content (AvgIpc) is 3.36. The molecule has 0 aliphatic rings. The summed E-state index contributed by atoms with van der Waals surface area (Å²) in [5, 5.41) is 3.02. The summed E-state index contributed by atoms with van der Waals surface area (Å²) >= 11 is 0. The molecule has 0 rings (SSSR count). The number of carbonyl (C=O) groups excluding carboxylic acids is 2. The minimum absolute atomic E-state index is 0.0289. The highest BCUT2D eigenvalue weighted by Gasteiger charge is 2.27. The third kappa shape index (κ3) is 54.2. The number of nitrogens with one attached hydrogen (secondary N) is 1. The van der Waals surface area contributed by atoms with Gasteiger partial charge >= 0.3 is 5.97 Å². The van der Waals surface area contributed by atoms with Crippen LogP contribution in [0.3, 0.4) is 0 Å². The van der Waals surface area contributed by atoms with Gasteiger partial charge < -0.3 is 28.5 Å². The maximum Gasteiger partial charge on any atom is 0.306 e. The van der Waals surface area contributed by atoms with Crippen LogP contribution in [0.25, 0.3) is 0 Å². The molecule has 0 heterocycles. The molecule has 1 amide bonds. The van der Waals surface area contributed by atoms with Crippen LogP contribution in [0.4, 0.5) is 0 Å². The number of phosphoric ester groups is 1. The quantitative estimate of drug-likeness (QED) is 0.0212. The predicted octanol–water partition coefficient (Wildman–Crippen LogP) is 18.2. The van der Waals surface area contributed by atoms with Crippen LogP contribution in [-0.2, 0) is 27.9 Å². The third-order valence-electron chi connectivity index (χ3n) is 13.4.